The third-order valence-corrected chi connectivity index (χ3v) is 3.53. The molecule has 0 saturated carbocycles. The van der Waals surface area contributed by atoms with Crippen molar-refractivity contribution < 1.29 is 19.1 Å². The van der Waals surface area contributed by atoms with Crippen molar-refractivity contribution in [2.24, 2.45) is 0 Å². The number of rotatable bonds is 7. The lowest BCUT2D eigenvalue weighted by molar-refractivity contribution is -0.142. The number of aryl methyl sites for hydroxylation is 1. The van der Waals surface area contributed by atoms with Gasteiger partial charge in [-0.3, -0.25) is 9.59 Å². The highest BCUT2D eigenvalue weighted by Crippen LogP contribution is 2.22. The fraction of sp³-hybridized carbons (Fsp3) is 0.538. The first-order valence-electron chi connectivity index (χ1n) is 6.44. The second-order valence-corrected chi connectivity index (χ2v) is 5.24. The van der Waals surface area contributed by atoms with Gasteiger partial charge in [-0.05, 0) is 20.8 Å². The zero-order valence-electron chi connectivity index (χ0n) is 12.1. The topological polar surface area (TPSA) is 78.4 Å². The Morgan fingerprint density at radius 1 is 1.14 bits per heavy atom. The molecular weight excluding hydrogens is 316 g/mol. The molecule has 0 amide bonds. The minimum absolute atomic E-state index is 0.0291. The molecule has 0 aliphatic rings. The number of nitrogens with zero attached hydrogens (tertiary/aromatic N) is 2. The van der Waals surface area contributed by atoms with Gasteiger partial charge in [0.1, 0.15) is 5.15 Å². The van der Waals surface area contributed by atoms with E-state index in [1.807, 2.05) is 0 Å². The van der Waals surface area contributed by atoms with E-state index in [4.69, 9.17) is 21.1 Å². The van der Waals surface area contributed by atoms with Crippen molar-refractivity contribution in [3.8, 4) is 0 Å². The Kier molecular flexibility index (Phi) is 7.45. The van der Waals surface area contributed by atoms with Gasteiger partial charge < -0.3 is 9.47 Å². The molecule has 8 heteroatoms. The molecule has 0 unspecified atom stereocenters. The number of esters is 2. The fourth-order valence-electron chi connectivity index (χ4n) is 1.48. The molecule has 0 aliphatic carbocycles. The predicted octanol–water partition coefficient (Wildman–Crippen LogP) is 2.20. The number of thioether (sulfide) groups is 1. The maximum atomic E-state index is 11.5. The molecule has 1 aromatic rings. The summed E-state index contributed by atoms with van der Waals surface area (Å²) in [5.74, 6) is -0.602. The van der Waals surface area contributed by atoms with Crippen molar-refractivity contribution in [1.29, 1.82) is 0 Å². The second kappa shape index (κ2) is 8.84. The zero-order chi connectivity index (χ0) is 15.8. The van der Waals surface area contributed by atoms with E-state index in [9.17, 15) is 9.59 Å². The van der Waals surface area contributed by atoms with Gasteiger partial charge in [-0.1, -0.05) is 23.4 Å². The van der Waals surface area contributed by atoms with Crippen molar-refractivity contribution >= 4 is 35.3 Å². The monoisotopic (exact) mass is 332 g/mol. The fourth-order valence-corrected chi connectivity index (χ4v) is 2.51. The van der Waals surface area contributed by atoms with Gasteiger partial charge in [-0.2, -0.15) is 0 Å². The molecule has 1 heterocycles. The van der Waals surface area contributed by atoms with Crippen LogP contribution in [0.1, 0.15) is 25.1 Å². The van der Waals surface area contributed by atoms with E-state index < -0.39 is 0 Å². The van der Waals surface area contributed by atoms with Crippen LogP contribution in [0.4, 0.5) is 0 Å². The second-order valence-electron chi connectivity index (χ2n) is 3.94. The van der Waals surface area contributed by atoms with Gasteiger partial charge in [0.2, 0.25) is 0 Å². The molecule has 0 N–H and O–H groups in total. The summed E-state index contributed by atoms with van der Waals surface area (Å²) in [7, 11) is 0. The molecule has 0 radical (unpaired) electrons. The number of ether oxygens (including phenoxy) is 2. The highest BCUT2D eigenvalue weighted by molar-refractivity contribution is 7.99. The minimum Gasteiger partial charge on any atom is -0.466 e. The van der Waals surface area contributed by atoms with Crippen molar-refractivity contribution in [2.45, 2.75) is 32.3 Å². The molecule has 0 aromatic carbocycles. The summed E-state index contributed by atoms with van der Waals surface area (Å²) in [5, 5.41) is 0.570. The number of carbonyl (C=O) groups excluding carboxylic acids is 2. The molecule has 0 atom stereocenters. The lowest BCUT2D eigenvalue weighted by Crippen LogP contribution is -2.11. The van der Waals surface area contributed by atoms with Crippen LogP contribution in [0.15, 0.2) is 5.16 Å². The van der Waals surface area contributed by atoms with Crippen LogP contribution in [0.25, 0.3) is 0 Å². The van der Waals surface area contributed by atoms with Crippen molar-refractivity contribution in [3.05, 3.63) is 16.4 Å². The van der Waals surface area contributed by atoms with Crippen LogP contribution in [0.3, 0.4) is 0 Å². The maximum Gasteiger partial charge on any atom is 0.316 e. The van der Waals surface area contributed by atoms with Gasteiger partial charge in [0.25, 0.3) is 0 Å². The van der Waals surface area contributed by atoms with E-state index >= 15 is 0 Å². The van der Waals surface area contributed by atoms with Crippen molar-refractivity contribution in [3.63, 3.8) is 0 Å². The standard InChI is InChI=1S/C13H17ClN2O4S/c1-4-19-10(17)6-9-8(3)15-13(16-12(9)14)21-7-11(18)20-5-2/h4-7H2,1-3H3. The summed E-state index contributed by atoms with van der Waals surface area (Å²) in [6, 6.07) is 0. The third-order valence-electron chi connectivity index (χ3n) is 2.39. The smallest absolute Gasteiger partial charge is 0.316 e. The van der Waals surface area contributed by atoms with Gasteiger partial charge in [0.15, 0.2) is 5.16 Å². The molecule has 0 spiro atoms. The van der Waals surface area contributed by atoms with Crippen LogP contribution in [0, 0.1) is 6.92 Å². The van der Waals surface area contributed by atoms with E-state index in [1.54, 1.807) is 20.8 Å². The predicted molar refractivity (Wildman–Crippen MR) is 79.5 cm³/mol. The molecule has 1 rings (SSSR count). The summed E-state index contributed by atoms with van der Waals surface area (Å²) in [6.07, 6.45) is 0.0291. The van der Waals surface area contributed by atoms with Crippen LogP contribution >= 0.6 is 23.4 Å². The normalized spacial score (nSPS) is 10.3. The average molecular weight is 333 g/mol. The summed E-state index contributed by atoms with van der Waals surface area (Å²) >= 11 is 7.20. The maximum absolute atomic E-state index is 11.5. The number of hydrogen-bond acceptors (Lipinski definition) is 7. The average Bonchev–Trinajstić information content (AvgIpc) is 2.41. The first-order valence-corrected chi connectivity index (χ1v) is 7.81. The van der Waals surface area contributed by atoms with Crippen molar-refractivity contribution in [1.82, 2.24) is 9.97 Å². The van der Waals surface area contributed by atoms with Crippen LogP contribution in [0.5, 0.6) is 0 Å². The third kappa shape index (κ3) is 5.89. The molecule has 0 saturated heterocycles. The Labute approximate surface area is 132 Å². The summed E-state index contributed by atoms with van der Waals surface area (Å²) in [5.41, 5.74) is 1.13. The number of halogens is 1. The number of aromatic nitrogens is 2. The highest BCUT2D eigenvalue weighted by Gasteiger charge is 2.15. The van der Waals surface area contributed by atoms with Crippen LogP contribution in [0.2, 0.25) is 5.15 Å². The van der Waals surface area contributed by atoms with E-state index in [-0.39, 0.29) is 29.3 Å². The molecule has 0 aliphatic heterocycles. The molecule has 0 fully saturated rings. The number of carbonyl (C=O) groups is 2. The van der Waals surface area contributed by atoms with Crippen LogP contribution < -0.4 is 0 Å². The minimum atomic E-state index is -0.377. The quantitative estimate of drug-likeness (QED) is 0.328. The zero-order valence-corrected chi connectivity index (χ0v) is 13.7. The Morgan fingerprint density at radius 2 is 1.76 bits per heavy atom. The van der Waals surface area contributed by atoms with Gasteiger partial charge in [0, 0.05) is 11.3 Å². The summed E-state index contributed by atoms with van der Waals surface area (Å²) in [4.78, 5) is 31.1. The van der Waals surface area contributed by atoms with E-state index in [1.165, 1.54) is 0 Å². The van der Waals surface area contributed by atoms with E-state index in [2.05, 4.69) is 9.97 Å². The first kappa shape index (κ1) is 17.7. The lowest BCUT2D eigenvalue weighted by Gasteiger charge is -2.09. The molecule has 0 bridgehead atoms. The Bertz CT molecular complexity index is 502. The van der Waals surface area contributed by atoms with Gasteiger partial charge in [0.05, 0.1) is 25.4 Å². The highest BCUT2D eigenvalue weighted by atomic mass is 35.5. The van der Waals surface area contributed by atoms with Crippen LogP contribution in [-0.2, 0) is 25.5 Å². The van der Waals surface area contributed by atoms with Gasteiger partial charge in [-0.15, -0.1) is 0 Å². The van der Waals surface area contributed by atoms with E-state index in [0.717, 1.165) is 11.8 Å². The van der Waals surface area contributed by atoms with Gasteiger partial charge >= 0.3 is 11.9 Å². The summed E-state index contributed by atoms with van der Waals surface area (Å²) < 4.78 is 9.69. The first-order chi connectivity index (χ1) is 9.97. The molecule has 1 aromatic heterocycles. The molecular formula is C13H17ClN2O4S. The molecule has 6 nitrogen and oxygen atoms in total. The van der Waals surface area contributed by atoms with E-state index in [0.29, 0.717) is 29.6 Å². The summed E-state index contributed by atoms with van der Waals surface area (Å²) in [6.45, 7) is 5.85. The Morgan fingerprint density at radius 3 is 2.33 bits per heavy atom. The molecule has 21 heavy (non-hydrogen) atoms. The lowest BCUT2D eigenvalue weighted by atomic mass is 10.2. The molecule has 116 valence electrons. The van der Waals surface area contributed by atoms with Gasteiger partial charge in [-0.25, -0.2) is 9.97 Å². The Balaban J connectivity index is 2.75. The number of hydrogen-bond donors (Lipinski definition) is 0. The largest absolute Gasteiger partial charge is 0.466 e. The SMILES string of the molecule is CCOC(=O)CSc1nc(C)c(CC(=O)OCC)c(Cl)n1. The van der Waals surface area contributed by atoms with Crippen LogP contribution in [-0.4, -0.2) is 40.9 Å². The van der Waals surface area contributed by atoms with Crippen molar-refractivity contribution in [2.75, 3.05) is 19.0 Å². The Hall–Kier alpha value is -1.34.